The van der Waals surface area contributed by atoms with Crippen molar-refractivity contribution in [1.82, 2.24) is 9.62 Å². The number of nitrogens with zero attached hydrogens (tertiary/aromatic N) is 1. The van der Waals surface area contributed by atoms with Gasteiger partial charge in [0.2, 0.25) is 10.0 Å². The van der Waals surface area contributed by atoms with Crippen LogP contribution in [0.2, 0.25) is 0 Å². The number of hydrogen-bond donors (Lipinski definition) is 1. The van der Waals surface area contributed by atoms with Crippen molar-refractivity contribution in [2.24, 2.45) is 0 Å². The number of nitrogens with one attached hydrogen (secondary N) is 1. The standard InChI is InChI=1S/C14H18F2N2O2S/c1-18(12-7-10-3-4-11(8-12)17-10)21(19,20)14-6-9(15)2-5-13(14)16/h2,5-6,10-12,17H,3-4,7-8H2,1H3. The summed E-state index contributed by atoms with van der Waals surface area (Å²) in [6.07, 6.45) is 3.51. The van der Waals surface area contributed by atoms with E-state index in [1.807, 2.05) is 0 Å². The van der Waals surface area contributed by atoms with E-state index in [-0.39, 0.29) is 6.04 Å². The Morgan fingerprint density at radius 2 is 1.81 bits per heavy atom. The van der Waals surface area contributed by atoms with Crippen LogP contribution in [0.4, 0.5) is 8.78 Å². The highest BCUT2D eigenvalue weighted by Gasteiger charge is 2.39. The molecule has 1 N–H and O–H groups in total. The molecule has 0 amide bonds. The van der Waals surface area contributed by atoms with E-state index >= 15 is 0 Å². The van der Waals surface area contributed by atoms with Crippen molar-refractivity contribution in [1.29, 1.82) is 0 Å². The van der Waals surface area contributed by atoms with Gasteiger partial charge in [-0.2, -0.15) is 4.31 Å². The molecule has 116 valence electrons. The summed E-state index contributed by atoms with van der Waals surface area (Å²) in [5, 5.41) is 3.43. The highest BCUT2D eigenvalue weighted by Crippen LogP contribution is 2.32. The molecular formula is C14H18F2N2O2S. The molecule has 2 atom stereocenters. The average Bonchev–Trinajstić information content (AvgIpc) is 2.79. The fourth-order valence-corrected chi connectivity index (χ4v) is 4.80. The minimum absolute atomic E-state index is 0.170. The lowest BCUT2D eigenvalue weighted by atomic mass is 10.0. The molecule has 1 aromatic carbocycles. The fraction of sp³-hybridized carbons (Fsp3) is 0.571. The number of hydrogen-bond acceptors (Lipinski definition) is 3. The average molecular weight is 316 g/mol. The van der Waals surface area contributed by atoms with Crippen LogP contribution >= 0.6 is 0 Å². The van der Waals surface area contributed by atoms with Gasteiger partial charge in [0.05, 0.1) is 0 Å². The Labute approximate surface area is 123 Å². The number of piperidine rings is 1. The number of halogens is 2. The third-order valence-electron chi connectivity index (χ3n) is 4.51. The van der Waals surface area contributed by atoms with Crippen molar-refractivity contribution >= 4 is 10.0 Å². The van der Waals surface area contributed by atoms with Crippen molar-refractivity contribution in [3.8, 4) is 0 Å². The molecule has 2 unspecified atom stereocenters. The van der Waals surface area contributed by atoms with Gasteiger partial charge in [-0.05, 0) is 43.9 Å². The van der Waals surface area contributed by atoms with E-state index < -0.39 is 26.6 Å². The van der Waals surface area contributed by atoms with Crippen LogP contribution in [-0.2, 0) is 10.0 Å². The van der Waals surface area contributed by atoms with Crippen LogP contribution in [0.5, 0.6) is 0 Å². The fourth-order valence-electron chi connectivity index (χ4n) is 3.35. The Bertz CT molecular complexity index is 638. The maximum Gasteiger partial charge on any atom is 0.246 e. The predicted octanol–water partition coefficient (Wildman–Crippen LogP) is 1.87. The van der Waals surface area contributed by atoms with Crippen LogP contribution < -0.4 is 5.32 Å². The van der Waals surface area contributed by atoms with Gasteiger partial charge in [-0.15, -0.1) is 0 Å². The molecule has 2 heterocycles. The van der Waals surface area contributed by atoms with Crippen molar-refractivity contribution in [3.63, 3.8) is 0 Å². The van der Waals surface area contributed by atoms with E-state index in [9.17, 15) is 17.2 Å². The summed E-state index contributed by atoms with van der Waals surface area (Å²) >= 11 is 0. The monoisotopic (exact) mass is 316 g/mol. The van der Waals surface area contributed by atoms with Gasteiger partial charge in [0.25, 0.3) is 0 Å². The zero-order valence-corrected chi connectivity index (χ0v) is 12.5. The summed E-state index contributed by atoms with van der Waals surface area (Å²) in [6, 6.07) is 2.99. The molecule has 0 aliphatic carbocycles. The van der Waals surface area contributed by atoms with E-state index in [0.717, 1.165) is 31.0 Å². The van der Waals surface area contributed by atoms with E-state index in [2.05, 4.69) is 5.32 Å². The second-order valence-corrected chi connectivity index (χ2v) is 7.83. The zero-order valence-electron chi connectivity index (χ0n) is 11.7. The molecule has 3 rings (SSSR count). The summed E-state index contributed by atoms with van der Waals surface area (Å²) in [6.45, 7) is 0. The number of sulfonamides is 1. The smallest absolute Gasteiger partial charge is 0.246 e. The molecule has 2 aliphatic rings. The Hall–Kier alpha value is -1.05. The molecule has 2 aliphatic heterocycles. The van der Waals surface area contributed by atoms with E-state index in [1.54, 1.807) is 0 Å². The van der Waals surface area contributed by atoms with Gasteiger partial charge >= 0.3 is 0 Å². The van der Waals surface area contributed by atoms with Crippen LogP contribution in [0, 0.1) is 11.6 Å². The maximum absolute atomic E-state index is 13.8. The minimum atomic E-state index is -4.02. The third-order valence-corrected chi connectivity index (χ3v) is 6.44. The third kappa shape index (κ3) is 2.69. The van der Waals surface area contributed by atoms with Crippen molar-refractivity contribution in [2.45, 2.75) is 48.7 Å². The molecule has 1 aromatic rings. The topological polar surface area (TPSA) is 49.4 Å². The Balaban J connectivity index is 1.89. The normalized spacial score (nSPS) is 29.0. The first-order valence-electron chi connectivity index (χ1n) is 7.07. The molecule has 7 heteroatoms. The molecule has 0 saturated carbocycles. The van der Waals surface area contributed by atoms with E-state index in [1.165, 1.54) is 11.4 Å². The molecular weight excluding hydrogens is 298 g/mol. The van der Waals surface area contributed by atoms with E-state index in [0.29, 0.717) is 24.9 Å². The molecule has 21 heavy (non-hydrogen) atoms. The van der Waals surface area contributed by atoms with Crippen molar-refractivity contribution < 1.29 is 17.2 Å². The van der Waals surface area contributed by atoms with Crippen LogP contribution in [0.1, 0.15) is 25.7 Å². The first-order valence-corrected chi connectivity index (χ1v) is 8.51. The van der Waals surface area contributed by atoms with Gasteiger partial charge in [-0.3, -0.25) is 0 Å². The summed E-state index contributed by atoms with van der Waals surface area (Å²) in [5.41, 5.74) is 0. The summed E-state index contributed by atoms with van der Waals surface area (Å²) in [4.78, 5) is -0.587. The Morgan fingerprint density at radius 3 is 2.43 bits per heavy atom. The predicted molar refractivity (Wildman–Crippen MR) is 74.3 cm³/mol. The second kappa shape index (κ2) is 5.30. The quantitative estimate of drug-likeness (QED) is 0.926. The SMILES string of the molecule is CN(C1CC2CCC(C1)N2)S(=O)(=O)c1cc(F)ccc1F. The second-order valence-electron chi connectivity index (χ2n) is 5.86. The van der Waals surface area contributed by atoms with Crippen LogP contribution in [-0.4, -0.2) is 37.9 Å². The van der Waals surface area contributed by atoms with Crippen LogP contribution in [0.15, 0.2) is 23.1 Å². The highest BCUT2D eigenvalue weighted by atomic mass is 32.2. The Kier molecular flexibility index (Phi) is 3.75. The number of benzene rings is 1. The summed E-state index contributed by atoms with van der Waals surface area (Å²) in [7, 11) is -2.57. The largest absolute Gasteiger partial charge is 0.311 e. The molecule has 0 spiro atoms. The van der Waals surface area contributed by atoms with Gasteiger partial charge < -0.3 is 5.32 Å². The van der Waals surface area contributed by atoms with Crippen molar-refractivity contribution in [2.75, 3.05) is 7.05 Å². The van der Waals surface area contributed by atoms with Gasteiger partial charge in [0, 0.05) is 25.2 Å². The summed E-state index contributed by atoms with van der Waals surface area (Å²) in [5.74, 6) is -1.67. The highest BCUT2D eigenvalue weighted by molar-refractivity contribution is 7.89. The molecule has 2 bridgehead atoms. The van der Waals surface area contributed by atoms with E-state index in [4.69, 9.17) is 0 Å². The number of fused-ring (bicyclic) bond motifs is 2. The molecule has 4 nitrogen and oxygen atoms in total. The first-order chi connectivity index (χ1) is 9.88. The van der Waals surface area contributed by atoms with Crippen LogP contribution in [0.3, 0.4) is 0 Å². The molecule has 2 fully saturated rings. The lowest BCUT2D eigenvalue weighted by molar-refractivity contribution is 0.251. The van der Waals surface area contributed by atoms with Gasteiger partial charge in [0.15, 0.2) is 0 Å². The van der Waals surface area contributed by atoms with Crippen molar-refractivity contribution in [3.05, 3.63) is 29.8 Å². The molecule has 0 aromatic heterocycles. The van der Waals surface area contributed by atoms with Gasteiger partial charge in [-0.1, -0.05) is 0 Å². The Morgan fingerprint density at radius 1 is 1.19 bits per heavy atom. The lowest BCUT2D eigenvalue weighted by Crippen LogP contribution is -2.48. The first kappa shape index (κ1) is 14.9. The maximum atomic E-state index is 13.8. The molecule has 0 radical (unpaired) electrons. The van der Waals surface area contributed by atoms with Crippen LogP contribution in [0.25, 0.3) is 0 Å². The minimum Gasteiger partial charge on any atom is -0.311 e. The van der Waals surface area contributed by atoms with Gasteiger partial charge in [0.1, 0.15) is 16.5 Å². The van der Waals surface area contributed by atoms with Gasteiger partial charge in [-0.25, -0.2) is 17.2 Å². The zero-order chi connectivity index (χ0) is 15.2. The lowest BCUT2D eigenvalue weighted by Gasteiger charge is -2.34. The summed E-state index contributed by atoms with van der Waals surface area (Å²) < 4.78 is 53.3. The molecule has 2 saturated heterocycles. The number of rotatable bonds is 3.